The summed E-state index contributed by atoms with van der Waals surface area (Å²) in [4.78, 5) is 0. The summed E-state index contributed by atoms with van der Waals surface area (Å²) >= 11 is 0. The molecule has 1 N–H and O–H groups in total. The molecule has 0 saturated heterocycles. The third-order valence-corrected chi connectivity index (χ3v) is 9.56. The number of hydrogen-bond donors (Lipinski definition) is 1. The van der Waals surface area contributed by atoms with Gasteiger partial charge in [0.1, 0.15) is 0 Å². The Balaban J connectivity index is 1.33. The summed E-state index contributed by atoms with van der Waals surface area (Å²) < 4.78 is 29.6. The summed E-state index contributed by atoms with van der Waals surface area (Å²) in [5.74, 6) is 4.27. The third kappa shape index (κ3) is 4.61. The third-order valence-electron chi connectivity index (χ3n) is 8.19. The predicted molar refractivity (Wildman–Crippen MR) is 126 cm³/mol. The molecule has 4 aliphatic carbocycles. The summed E-state index contributed by atoms with van der Waals surface area (Å²) in [5, 5.41) is 0. The van der Waals surface area contributed by atoms with Crippen molar-refractivity contribution >= 4 is 10.0 Å². The molecule has 166 valence electrons. The van der Waals surface area contributed by atoms with E-state index in [0.717, 1.165) is 52.3 Å². The van der Waals surface area contributed by atoms with Crippen molar-refractivity contribution in [2.75, 3.05) is 5.75 Å². The average molecular weight is 438 g/mol. The summed E-state index contributed by atoms with van der Waals surface area (Å²) in [5.41, 5.74) is 4.29. The summed E-state index contributed by atoms with van der Waals surface area (Å²) in [7, 11) is -3.39. The summed E-state index contributed by atoms with van der Waals surface area (Å²) in [6.07, 6.45) is 7.65. The minimum Gasteiger partial charge on any atom is -0.212 e. The van der Waals surface area contributed by atoms with Crippen LogP contribution in [0.25, 0.3) is 0 Å². The lowest BCUT2D eigenvalue weighted by molar-refractivity contribution is -0.0373. The fourth-order valence-electron chi connectivity index (χ4n) is 7.07. The maximum atomic E-state index is 13.3. The maximum Gasteiger partial charge on any atom is 0.212 e. The first-order chi connectivity index (χ1) is 14.9. The van der Waals surface area contributed by atoms with Gasteiger partial charge in [0.05, 0.1) is 11.8 Å². The zero-order valence-electron chi connectivity index (χ0n) is 18.8. The molecule has 0 spiro atoms. The van der Waals surface area contributed by atoms with E-state index in [1.165, 1.54) is 32.1 Å². The van der Waals surface area contributed by atoms with Crippen LogP contribution in [0.15, 0.2) is 48.5 Å². The fourth-order valence-corrected chi connectivity index (χ4v) is 8.40. The molecular weight excluding hydrogens is 402 g/mol. The van der Waals surface area contributed by atoms with E-state index in [2.05, 4.69) is 42.8 Å². The van der Waals surface area contributed by atoms with E-state index in [1.807, 2.05) is 24.3 Å². The van der Waals surface area contributed by atoms with Gasteiger partial charge >= 0.3 is 0 Å². The second-order valence-corrected chi connectivity index (χ2v) is 12.5. The first-order valence-corrected chi connectivity index (χ1v) is 13.6. The van der Waals surface area contributed by atoms with Gasteiger partial charge in [-0.2, -0.15) is 0 Å². The molecule has 4 fully saturated rings. The molecule has 2 aromatic carbocycles. The Hall–Kier alpha value is -1.65. The molecule has 0 aromatic heterocycles. The minimum atomic E-state index is -3.39. The molecule has 2 aromatic rings. The van der Waals surface area contributed by atoms with Crippen LogP contribution in [0.2, 0.25) is 0 Å². The Morgan fingerprint density at radius 2 is 1.35 bits per heavy atom. The van der Waals surface area contributed by atoms with Crippen molar-refractivity contribution in [1.29, 1.82) is 0 Å². The number of sulfonamides is 1. The van der Waals surface area contributed by atoms with Gasteiger partial charge in [0.2, 0.25) is 10.0 Å². The van der Waals surface area contributed by atoms with Gasteiger partial charge in [-0.25, -0.2) is 13.1 Å². The molecule has 0 amide bonds. The second kappa shape index (κ2) is 8.37. The highest BCUT2D eigenvalue weighted by Crippen LogP contribution is 2.57. The molecule has 0 heterocycles. The van der Waals surface area contributed by atoms with Gasteiger partial charge in [-0.05, 0) is 93.1 Å². The van der Waals surface area contributed by atoms with Gasteiger partial charge in [0.25, 0.3) is 0 Å². The topological polar surface area (TPSA) is 46.2 Å². The zero-order chi connectivity index (χ0) is 21.6. The van der Waals surface area contributed by atoms with Gasteiger partial charge in [-0.3, -0.25) is 0 Å². The average Bonchev–Trinajstić information content (AvgIpc) is 2.71. The molecule has 3 nitrogen and oxygen atoms in total. The Morgan fingerprint density at radius 1 is 0.839 bits per heavy atom. The van der Waals surface area contributed by atoms with E-state index in [9.17, 15) is 8.42 Å². The molecular formula is C27H35NO2S. The van der Waals surface area contributed by atoms with Crippen LogP contribution in [0, 0.1) is 43.4 Å². The van der Waals surface area contributed by atoms with Gasteiger partial charge in [-0.1, -0.05) is 59.7 Å². The predicted octanol–water partition coefficient (Wildman–Crippen LogP) is 5.77. The van der Waals surface area contributed by atoms with Crippen LogP contribution in [0.4, 0.5) is 0 Å². The monoisotopic (exact) mass is 437 g/mol. The van der Waals surface area contributed by atoms with E-state index in [1.54, 1.807) is 0 Å². The second-order valence-electron chi connectivity index (χ2n) is 10.6. The molecule has 6 rings (SSSR count). The van der Waals surface area contributed by atoms with E-state index in [-0.39, 0.29) is 11.8 Å². The molecule has 31 heavy (non-hydrogen) atoms. The van der Waals surface area contributed by atoms with Gasteiger partial charge in [-0.15, -0.1) is 0 Å². The van der Waals surface area contributed by atoms with E-state index < -0.39 is 10.0 Å². The zero-order valence-corrected chi connectivity index (χ0v) is 19.6. The Labute approximate surface area is 187 Å². The number of rotatable bonds is 7. The van der Waals surface area contributed by atoms with Crippen LogP contribution >= 0.6 is 0 Å². The fraction of sp³-hybridized carbons (Fsp3) is 0.556. The smallest absolute Gasteiger partial charge is 0.212 e. The molecule has 0 atom stereocenters. The molecule has 0 radical (unpaired) electrons. The SMILES string of the molecule is Cc1cccc(C(NS(=O)(=O)CCC2C3CC4CC(C3)CC2C4)c2cccc(C)c2)c1. The van der Waals surface area contributed by atoms with E-state index in [0.29, 0.717) is 5.92 Å². The van der Waals surface area contributed by atoms with Crippen LogP contribution in [0.3, 0.4) is 0 Å². The van der Waals surface area contributed by atoms with Gasteiger partial charge in [0.15, 0.2) is 0 Å². The molecule has 0 unspecified atom stereocenters. The number of hydrogen-bond acceptors (Lipinski definition) is 2. The van der Waals surface area contributed by atoms with Crippen molar-refractivity contribution in [3.8, 4) is 0 Å². The van der Waals surface area contributed by atoms with Crippen molar-refractivity contribution in [3.05, 3.63) is 70.8 Å². The highest BCUT2D eigenvalue weighted by molar-refractivity contribution is 7.89. The first-order valence-electron chi connectivity index (χ1n) is 12.0. The Kier molecular flexibility index (Phi) is 5.72. The van der Waals surface area contributed by atoms with Crippen LogP contribution in [0.5, 0.6) is 0 Å². The highest BCUT2D eigenvalue weighted by atomic mass is 32.2. The van der Waals surface area contributed by atoms with E-state index >= 15 is 0 Å². The summed E-state index contributed by atoms with van der Waals surface area (Å²) in [6.45, 7) is 4.11. The number of aryl methyl sites for hydroxylation is 2. The standard InChI is InChI=1S/C27H35NO2S/c1-18-5-3-7-22(11-18)27(23-8-4-6-19(2)12-23)28-31(29,30)10-9-26-24-14-20-13-21(16-24)17-25(26)15-20/h3-8,11-12,20-21,24-28H,9-10,13-17H2,1-2H3. The molecule has 4 saturated carbocycles. The molecule has 4 bridgehead atoms. The highest BCUT2D eigenvalue weighted by Gasteiger charge is 2.48. The number of benzene rings is 2. The van der Waals surface area contributed by atoms with Crippen molar-refractivity contribution < 1.29 is 8.42 Å². The van der Waals surface area contributed by atoms with Crippen molar-refractivity contribution in [2.24, 2.45) is 29.6 Å². The quantitative estimate of drug-likeness (QED) is 0.597. The van der Waals surface area contributed by atoms with Crippen LogP contribution in [-0.4, -0.2) is 14.2 Å². The Morgan fingerprint density at radius 3 is 1.84 bits per heavy atom. The number of nitrogens with one attached hydrogen (secondary N) is 1. The van der Waals surface area contributed by atoms with Gasteiger partial charge in [0, 0.05) is 0 Å². The molecule has 4 heteroatoms. The molecule has 4 aliphatic rings. The molecule has 0 aliphatic heterocycles. The maximum absolute atomic E-state index is 13.3. The minimum absolute atomic E-state index is 0.244. The van der Waals surface area contributed by atoms with Crippen LogP contribution < -0.4 is 4.72 Å². The lowest BCUT2D eigenvalue weighted by atomic mass is 9.51. The van der Waals surface area contributed by atoms with Crippen molar-refractivity contribution in [2.45, 2.75) is 58.4 Å². The largest absolute Gasteiger partial charge is 0.212 e. The van der Waals surface area contributed by atoms with Crippen molar-refractivity contribution in [3.63, 3.8) is 0 Å². The van der Waals surface area contributed by atoms with Crippen molar-refractivity contribution in [1.82, 2.24) is 4.72 Å². The normalized spacial score (nSPS) is 29.6. The Bertz CT molecular complexity index is 971. The summed E-state index contributed by atoms with van der Waals surface area (Å²) in [6, 6.07) is 16.0. The van der Waals surface area contributed by atoms with Crippen LogP contribution in [0.1, 0.15) is 66.8 Å². The first kappa shape index (κ1) is 21.2. The van der Waals surface area contributed by atoms with Crippen LogP contribution in [-0.2, 0) is 10.0 Å². The lowest BCUT2D eigenvalue weighted by Crippen LogP contribution is -2.46. The lowest BCUT2D eigenvalue weighted by Gasteiger charge is -2.54. The van der Waals surface area contributed by atoms with Gasteiger partial charge < -0.3 is 0 Å². The van der Waals surface area contributed by atoms with E-state index in [4.69, 9.17) is 0 Å².